The quantitative estimate of drug-likeness (QED) is 0.843. The highest BCUT2D eigenvalue weighted by atomic mass is 16.4. The molecule has 1 amide bonds. The zero-order valence-corrected chi connectivity index (χ0v) is 13.5. The van der Waals surface area contributed by atoms with Crippen molar-refractivity contribution in [1.82, 2.24) is 15.1 Å². The largest absolute Gasteiger partial charge is 0.481 e. The zero-order chi connectivity index (χ0) is 16.3. The van der Waals surface area contributed by atoms with Gasteiger partial charge in [-0.2, -0.15) is 5.10 Å². The van der Waals surface area contributed by atoms with E-state index in [-0.39, 0.29) is 17.9 Å². The fraction of sp³-hybridized carbons (Fsp3) is 0.688. The van der Waals surface area contributed by atoms with Gasteiger partial charge in [-0.15, -0.1) is 0 Å². The third-order valence-corrected chi connectivity index (χ3v) is 4.18. The van der Waals surface area contributed by atoms with Crippen LogP contribution in [0.2, 0.25) is 0 Å². The molecule has 2 rings (SSSR count). The van der Waals surface area contributed by atoms with E-state index in [9.17, 15) is 9.59 Å². The van der Waals surface area contributed by atoms with E-state index in [2.05, 4.69) is 24.3 Å². The van der Waals surface area contributed by atoms with Crippen molar-refractivity contribution < 1.29 is 14.7 Å². The Kier molecular flexibility index (Phi) is 5.21. The Bertz CT molecular complexity index is 551. The number of amides is 1. The van der Waals surface area contributed by atoms with Gasteiger partial charge in [-0.1, -0.05) is 20.8 Å². The fourth-order valence-electron chi connectivity index (χ4n) is 3.08. The molecule has 6 nitrogen and oxygen atoms in total. The molecule has 122 valence electrons. The molecular weight excluding hydrogens is 282 g/mol. The maximum atomic E-state index is 12.4. The molecule has 0 radical (unpaired) electrons. The second-order valence-corrected chi connectivity index (χ2v) is 6.45. The van der Waals surface area contributed by atoms with E-state index in [0.29, 0.717) is 24.3 Å². The van der Waals surface area contributed by atoms with Crippen LogP contribution >= 0.6 is 0 Å². The Hall–Kier alpha value is -1.85. The molecule has 22 heavy (non-hydrogen) atoms. The van der Waals surface area contributed by atoms with Crippen molar-refractivity contribution in [3.05, 3.63) is 17.5 Å². The average molecular weight is 307 g/mol. The van der Waals surface area contributed by atoms with E-state index in [0.717, 1.165) is 25.1 Å². The first kappa shape index (κ1) is 16.5. The summed E-state index contributed by atoms with van der Waals surface area (Å²) in [6, 6.07) is -0.0493. The predicted molar refractivity (Wildman–Crippen MR) is 82.7 cm³/mol. The van der Waals surface area contributed by atoms with Crippen LogP contribution in [-0.2, 0) is 17.8 Å². The molecule has 6 heteroatoms. The highest BCUT2D eigenvalue weighted by Crippen LogP contribution is 2.26. The van der Waals surface area contributed by atoms with E-state index >= 15 is 0 Å². The summed E-state index contributed by atoms with van der Waals surface area (Å²) in [5.41, 5.74) is 1.56. The molecule has 1 fully saturated rings. The Labute approximate surface area is 130 Å². The standard InChI is InChI=1S/C16H25N3O3/c1-4-14-13(8-17-19(14)9-10(2)3)15(20)18-12-6-5-11(7-12)16(21)22/h8,10-12H,4-7,9H2,1-3H3,(H,18,20)(H,21,22)/t11-,12+/m1/s1. The van der Waals surface area contributed by atoms with Crippen molar-refractivity contribution in [2.24, 2.45) is 11.8 Å². The maximum Gasteiger partial charge on any atom is 0.306 e. The number of carboxylic acid groups (broad SMARTS) is 1. The van der Waals surface area contributed by atoms with Gasteiger partial charge in [0.05, 0.1) is 23.4 Å². The van der Waals surface area contributed by atoms with Crippen LogP contribution in [-0.4, -0.2) is 32.8 Å². The Balaban J connectivity index is 2.04. The smallest absolute Gasteiger partial charge is 0.306 e. The number of aromatic nitrogens is 2. The monoisotopic (exact) mass is 307 g/mol. The van der Waals surface area contributed by atoms with Gasteiger partial charge in [-0.3, -0.25) is 14.3 Å². The third-order valence-electron chi connectivity index (χ3n) is 4.18. The van der Waals surface area contributed by atoms with Crippen LogP contribution < -0.4 is 5.32 Å². The number of nitrogens with one attached hydrogen (secondary N) is 1. The molecule has 1 saturated carbocycles. The highest BCUT2D eigenvalue weighted by Gasteiger charge is 2.31. The van der Waals surface area contributed by atoms with Gasteiger partial charge in [0.15, 0.2) is 0 Å². The van der Waals surface area contributed by atoms with Crippen LogP contribution in [0, 0.1) is 11.8 Å². The van der Waals surface area contributed by atoms with Crippen molar-refractivity contribution >= 4 is 11.9 Å². The van der Waals surface area contributed by atoms with Crippen LogP contribution in [0.3, 0.4) is 0 Å². The number of hydrogen-bond donors (Lipinski definition) is 2. The highest BCUT2D eigenvalue weighted by molar-refractivity contribution is 5.95. The molecule has 0 spiro atoms. The molecule has 0 unspecified atom stereocenters. The van der Waals surface area contributed by atoms with Gasteiger partial charge < -0.3 is 10.4 Å². The zero-order valence-electron chi connectivity index (χ0n) is 13.5. The van der Waals surface area contributed by atoms with Crippen LogP contribution in [0.4, 0.5) is 0 Å². The van der Waals surface area contributed by atoms with E-state index < -0.39 is 5.97 Å². The van der Waals surface area contributed by atoms with Crippen molar-refractivity contribution in [2.75, 3.05) is 0 Å². The summed E-state index contributed by atoms with van der Waals surface area (Å²) < 4.78 is 1.90. The van der Waals surface area contributed by atoms with Crippen LogP contribution in [0.25, 0.3) is 0 Å². The topological polar surface area (TPSA) is 84.2 Å². The van der Waals surface area contributed by atoms with Gasteiger partial charge in [0.2, 0.25) is 0 Å². The number of carbonyl (C=O) groups excluding carboxylic acids is 1. The molecule has 0 saturated heterocycles. The SMILES string of the molecule is CCc1c(C(=O)N[C@H]2CC[C@@H](C(=O)O)C2)cnn1CC(C)C. The number of rotatable bonds is 6. The van der Waals surface area contributed by atoms with Crippen LogP contribution in [0.15, 0.2) is 6.20 Å². The molecule has 2 atom stereocenters. The first-order chi connectivity index (χ1) is 10.4. The summed E-state index contributed by atoms with van der Waals surface area (Å²) >= 11 is 0. The minimum Gasteiger partial charge on any atom is -0.481 e. The van der Waals surface area contributed by atoms with Gasteiger partial charge in [0.1, 0.15) is 0 Å². The second-order valence-electron chi connectivity index (χ2n) is 6.45. The number of hydrogen-bond acceptors (Lipinski definition) is 3. The summed E-state index contributed by atoms with van der Waals surface area (Å²) in [5.74, 6) is -0.773. The minimum absolute atomic E-state index is 0.0493. The molecule has 1 aromatic heterocycles. The Morgan fingerprint density at radius 2 is 2.18 bits per heavy atom. The average Bonchev–Trinajstić information content (AvgIpc) is 3.04. The molecule has 1 aromatic rings. The molecule has 1 aliphatic rings. The van der Waals surface area contributed by atoms with Gasteiger partial charge in [-0.05, 0) is 31.6 Å². The predicted octanol–water partition coefficient (Wildman–Crippen LogP) is 2.08. The summed E-state index contributed by atoms with van der Waals surface area (Å²) in [7, 11) is 0. The lowest BCUT2D eigenvalue weighted by Gasteiger charge is -2.13. The molecule has 1 aliphatic carbocycles. The molecule has 2 N–H and O–H groups in total. The van der Waals surface area contributed by atoms with Gasteiger partial charge in [0, 0.05) is 12.6 Å². The minimum atomic E-state index is -0.768. The lowest BCUT2D eigenvalue weighted by molar-refractivity contribution is -0.141. The van der Waals surface area contributed by atoms with Crippen molar-refractivity contribution in [1.29, 1.82) is 0 Å². The molecule has 0 bridgehead atoms. The van der Waals surface area contributed by atoms with Gasteiger partial charge in [-0.25, -0.2) is 0 Å². The van der Waals surface area contributed by atoms with Crippen molar-refractivity contribution in [3.63, 3.8) is 0 Å². The van der Waals surface area contributed by atoms with E-state index in [1.165, 1.54) is 0 Å². The van der Waals surface area contributed by atoms with Crippen molar-refractivity contribution in [3.8, 4) is 0 Å². The maximum absolute atomic E-state index is 12.4. The van der Waals surface area contributed by atoms with Crippen molar-refractivity contribution in [2.45, 2.75) is 59.0 Å². The van der Waals surface area contributed by atoms with E-state index in [1.54, 1.807) is 6.20 Å². The summed E-state index contributed by atoms with van der Waals surface area (Å²) in [5, 5.41) is 16.3. The summed E-state index contributed by atoms with van der Waals surface area (Å²) in [6.45, 7) is 7.04. The molecule has 0 aliphatic heterocycles. The lowest BCUT2D eigenvalue weighted by atomic mass is 10.1. The summed E-state index contributed by atoms with van der Waals surface area (Å²) in [6.07, 6.45) is 4.25. The molecular formula is C16H25N3O3. The summed E-state index contributed by atoms with van der Waals surface area (Å²) in [4.78, 5) is 23.4. The Morgan fingerprint density at radius 1 is 1.45 bits per heavy atom. The van der Waals surface area contributed by atoms with Gasteiger partial charge in [0.25, 0.3) is 5.91 Å². The van der Waals surface area contributed by atoms with E-state index in [4.69, 9.17) is 5.11 Å². The van der Waals surface area contributed by atoms with Crippen LogP contribution in [0.1, 0.15) is 56.1 Å². The Morgan fingerprint density at radius 3 is 2.73 bits per heavy atom. The number of carboxylic acids is 1. The fourth-order valence-corrected chi connectivity index (χ4v) is 3.08. The molecule has 0 aromatic carbocycles. The number of carbonyl (C=O) groups is 2. The van der Waals surface area contributed by atoms with Crippen LogP contribution in [0.5, 0.6) is 0 Å². The van der Waals surface area contributed by atoms with E-state index in [1.807, 2.05) is 11.6 Å². The number of aliphatic carboxylic acids is 1. The lowest BCUT2D eigenvalue weighted by Crippen LogP contribution is -2.33. The first-order valence-electron chi connectivity index (χ1n) is 8.00. The number of nitrogens with zero attached hydrogens (tertiary/aromatic N) is 2. The first-order valence-corrected chi connectivity index (χ1v) is 8.00. The normalized spacial score (nSPS) is 21.3. The third kappa shape index (κ3) is 3.67. The van der Waals surface area contributed by atoms with Gasteiger partial charge >= 0.3 is 5.97 Å². The molecule has 1 heterocycles. The second kappa shape index (κ2) is 6.94.